The van der Waals surface area contributed by atoms with Crippen LogP contribution in [0.4, 0.5) is 9.52 Å². The predicted molar refractivity (Wildman–Crippen MR) is 106 cm³/mol. The number of para-hydroxylation sites is 1. The van der Waals surface area contributed by atoms with Gasteiger partial charge in [-0.05, 0) is 30.3 Å². The Morgan fingerprint density at radius 1 is 1.11 bits per heavy atom. The van der Waals surface area contributed by atoms with Gasteiger partial charge in [0.25, 0.3) is 0 Å². The molecule has 5 nitrogen and oxygen atoms in total. The second kappa shape index (κ2) is 7.81. The Balaban J connectivity index is 1.40. The van der Waals surface area contributed by atoms with Gasteiger partial charge in [-0.2, -0.15) is 0 Å². The minimum absolute atomic E-state index is 0.164. The second-order valence-corrected chi connectivity index (χ2v) is 7.40. The van der Waals surface area contributed by atoms with E-state index in [0.717, 1.165) is 21.5 Å². The molecule has 0 aliphatic heterocycles. The first-order chi connectivity index (χ1) is 13.2. The number of fused-ring (bicyclic) bond motifs is 1. The lowest BCUT2D eigenvalue weighted by atomic mass is 10.2. The zero-order valence-electron chi connectivity index (χ0n) is 13.9. The van der Waals surface area contributed by atoms with Gasteiger partial charge in [0, 0.05) is 16.3 Å². The maximum Gasteiger partial charge on any atom is 0.236 e. The van der Waals surface area contributed by atoms with E-state index in [2.05, 4.69) is 20.3 Å². The fourth-order valence-corrected chi connectivity index (χ4v) is 3.99. The standard InChI is InChI=1S/C19H13FN4OS2/c20-13-7-5-12(6-8-13)16-9-27-19(23-16)24-17(25)10-26-18-14-3-1-2-4-15(14)21-11-22-18/h1-9,11H,10H2,(H,23,24,25). The van der Waals surface area contributed by atoms with E-state index in [0.29, 0.717) is 10.8 Å². The monoisotopic (exact) mass is 396 g/mol. The van der Waals surface area contributed by atoms with E-state index < -0.39 is 0 Å². The Hall–Kier alpha value is -2.84. The number of aromatic nitrogens is 3. The van der Waals surface area contributed by atoms with Crippen molar-refractivity contribution in [3.63, 3.8) is 0 Å². The Labute approximate surface area is 162 Å². The van der Waals surface area contributed by atoms with Gasteiger partial charge in [0.05, 0.1) is 17.0 Å². The van der Waals surface area contributed by atoms with Crippen molar-refractivity contribution >= 4 is 45.0 Å². The second-order valence-electron chi connectivity index (χ2n) is 5.58. The minimum atomic E-state index is -0.295. The largest absolute Gasteiger partial charge is 0.301 e. The number of amides is 1. The van der Waals surface area contributed by atoms with E-state index in [-0.39, 0.29) is 17.5 Å². The van der Waals surface area contributed by atoms with E-state index in [1.54, 1.807) is 12.1 Å². The molecule has 0 atom stereocenters. The first kappa shape index (κ1) is 17.6. The van der Waals surface area contributed by atoms with Crippen LogP contribution in [0.2, 0.25) is 0 Å². The Kier molecular flexibility index (Phi) is 5.08. The number of anilines is 1. The van der Waals surface area contributed by atoms with Gasteiger partial charge in [-0.25, -0.2) is 19.3 Å². The number of thioether (sulfide) groups is 1. The molecule has 8 heteroatoms. The van der Waals surface area contributed by atoms with Gasteiger partial charge in [0.15, 0.2) is 5.13 Å². The topological polar surface area (TPSA) is 67.8 Å². The summed E-state index contributed by atoms with van der Waals surface area (Å²) in [5.41, 5.74) is 2.35. The van der Waals surface area contributed by atoms with Crippen LogP contribution in [0.25, 0.3) is 22.2 Å². The van der Waals surface area contributed by atoms with E-state index in [4.69, 9.17) is 0 Å². The predicted octanol–water partition coefficient (Wildman–Crippen LogP) is 4.62. The molecule has 0 bridgehead atoms. The van der Waals surface area contributed by atoms with Gasteiger partial charge < -0.3 is 5.32 Å². The quantitative estimate of drug-likeness (QED) is 0.394. The van der Waals surface area contributed by atoms with Crippen molar-refractivity contribution in [1.29, 1.82) is 0 Å². The summed E-state index contributed by atoms with van der Waals surface area (Å²) in [6.45, 7) is 0. The summed E-state index contributed by atoms with van der Waals surface area (Å²) in [7, 11) is 0. The average Bonchev–Trinajstić information content (AvgIpc) is 3.15. The number of benzene rings is 2. The maximum absolute atomic E-state index is 13.0. The number of rotatable bonds is 5. The number of hydrogen-bond donors (Lipinski definition) is 1. The fourth-order valence-electron chi connectivity index (χ4n) is 2.47. The molecule has 0 unspecified atom stereocenters. The zero-order chi connectivity index (χ0) is 18.6. The number of halogens is 1. The molecule has 1 amide bonds. The van der Waals surface area contributed by atoms with Crippen molar-refractivity contribution < 1.29 is 9.18 Å². The van der Waals surface area contributed by atoms with Crippen LogP contribution >= 0.6 is 23.1 Å². The molecule has 1 N–H and O–H groups in total. The number of thiazole rings is 1. The van der Waals surface area contributed by atoms with Crippen LogP contribution in [-0.4, -0.2) is 26.6 Å². The van der Waals surface area contributed by atoms with Crippen LogP contribution in [0.5, 0.6) is 0 Å². The summed E-state index contributed by atoms with van der Waals surface area (Å²) >= 11 is 2.68. The van der Waals surface area contributed by atoms with E-state index in [1.807, 2.05) is 29.6 Å². The molecular formula is C19H13FN4OS2. The first-order valence-electron chi connectivity index (χ1n) is 8.03. The highest BCUT2D eigenvalue weighted by molar-refractivity contribution is 8.00. The fraction of sp³-hybridized carbons (Fsp3) is 0.0526. The molecule has 4 rings (SSSR count). The summed E-state index contributed by atoms with van der Waals surface area (Å²) in [5.74, 6) is -0.244. The van der Waals surface area contributed by atoms with Crippen LogP contribution in [0, 0.1) is 5.82 Å². The number of hydrogen-bond acceptors (Lipinski definition) is 6. The van der Waals surface area contributed by atoms with Crippen molar-refractivity contribution in [2.45, 2.75) is 5.03 Å². The van der Waals surface area contributed by atoms with Crippen molar-refractivity contribution in [3.05, 3.63) is 66.1 Å². The Morgan fingerprint density at radius 2 is 1.93 bits per heavy atom. The van der Waals surface area contributed by atoms with Gasteiger partial charge >= 0.3 is 0 Å². The minimum Gasteiger partial charge on any atom is -0.301 e. The summed E-state index contributed by atoms with van der Waals surface area (Å²) in [6.07, 6.45) is 1.50. The molecule has 0 radical (unpaired) electrons. The van der Waals surface area contributed by atoms with Crippen LogP contribution in [0.1, 0.15) is 0 Å². The summed E-state index contributed by atoms with van der Waals surface area (Å²) in [6, 6.07) is 13.8. The van der Waals surface area contributed by atoms with Gasteiger partial charge in [-0.15, -0.1) is 11.3 Å². The summed E-state index contributed by atoms with van der Waals surface area (Å²) in [4.78, 5) is 25.1. The Bertz CT molecular complexity index is 1090. The molecular weight excluding hydrogens is 383 g/mol. The van der Waals surface area contributed by atoms with Crippen molar-refractivity contribution in [3.8, 4) is 11.3 Å². The Morgan fingerprint density at radius 3 is 2.78 bits per heavy atom. The number of nitrogens with zero attached hydrogens (tertiary/aromatic N) is 3. The summed E-state index contributed by atoms with van der Waals surface area (Å²) < 4.78 is 13.0. The van der Waals surface area contributed by atoms with Gasteiger partial charge in [0.2, 0.25) is 5.91 Å². The van der Waals surface area contributed by atoms with Gasteiger partial charge in [-0.3, -0.25) is 4.79 Å². The van der Waals surface area contributed by atoms with E-state index >= 15 is 0 Å². The molecule has 134 valence electrons. The highest BCUT2D eigenvalue weighted by Crippen LogP contribution is 2.26. The molecule has 0 aliphatic rings. The molecule has 27 heavy (non-hydrogen) atoms. The molecule has 2 aromatic heterocycles. The van der Waals surface area contributed by atoms with Crippen molar-refractivity contribution in [2.75, 3.05) is 11.1 Å². The molecule has 2 heterocycles. The normalized spacial score (nSPS) is 10.9. The van der Waals surface area contributed by atoms with Gasteiger partial charge in [-0.1, -0.05) is 30.0 Å². The maximum atomic E-state index is 13.0. The SMILES string of the molecule is O=C(CSc1ncnc2ccccc12)Nc1nc(-c2ccc(F)cc2)cs1. The lowest BCUT2D eigenvalue weighted by Crippen LogP contribution is -2.14. The smallest absolute Gasteiger partial charge is 0.236 e. The molecule has 0 spiro atoms. The molecule has 0 aliphatic carbocycles. The molecule has 0 saturated carbocycles. The third-order valence-electron chi connectivity index (χ3n) is 3.74. The molecule has 0 fully saturated rings. The molecule has 2 aromatic carbocycles. The zero-order valence-corrected chi connectivity index (χ0v) is 15.6. The van der Waals surface area contributed by atoms with Crippen molar-refractivity contribution in [2.24, 2.45) is 0 Å². The molecule has 4 aromatic rings. The van der Waals surface area contributed by atoms with Crippen LogP contribution < -0.4 is 5.32 Å². The third kappa shape index (κ3) is 4.12. The van der Waals surface area contributed by atoms with E-state index in [9.17, 15) is 9.18 Å². The lowest BCUT2D eigenvalue weighted by Gasteiger charge is -2.04. The number of carbonyl (C=O) groups is 1. The third-order valence-corrected chi connectivity index (χ3v) is 5.50. The highest BCUT2D eigenvalue weighted by Gasteiger charge is 2.11. The lowest BCUT2D eigenvalue weighted by molar-refractivity contribution is -0.113. The van der Waals surface area contributed by atoms with Crippen LogP contribution in [-0.2, 0) is 4.79 Å². The first-order valence-corrected chi connectivity index (χ1v) is 9.89. The van der Waals surface area contributed by atoms with Gasteiger partial charge in [0.1, 0.15) is 17.2 Å². The van der Waals surface area contributed by atoms with E-state index in [1.165, 1.54) is 41.6 Å². The highest BCUT2D eigenvalue weighted by atomic mass is 32.2. The average molecular weight is 396 g/mol. The summed E-state index contributed by atoms with van der Waals surface area (Å²) in [5, 5.41) is 6.81. The van der Waals surface area contributed by atoms with Crippen LogP contribution in [0.15, 0.2) is 65.3 Å². The van der Waals surface area contributed by atoms with Crippen molar-refractivity contribution in [1.82, 2.24) is 15.0 Å². The number of carbonyl (C=O) groups excluding carboxylic acids is 1. The number of nitrogens with one attached hydrogen (secondary N) is 1. The van der Waals surface area contributed by atoms with Crippen LogP contribution in [0.3, 0.4) is 0 Å². The molecule has 0 saturated heterocycles.